The smallest absolute Gasteiger partial charge is 0.169 e. The number of hydrogen-bond acceptors (Lipinski definition) is 1. The van der Waals surface area contributed by atoms with Gasteiger partial charge in [-0.15, -0.1) is 0 Å². The molecule has 0 aliphatic heterocycles. The molecule has 2 saturated carbocycles. The first kappa shape index (κ1) is 9.59. The molecule has 0 bridgehead atoms. The highest BCUT2D eigenvalue weighted by molar-refractivity contribution is 9.10. The van der Waals surface area contributed by atoms with Crippen LogP contribution in [0.3, 0.4) is 0 Å². The Labute approximate surface area is 98.0 Å². The van der Waals surface area contributed by atoms with E-state index in [4.69, 9.17) is 0 Å². The van der Waals surface area contributed by atoms with Gasteiger partial charge in [0.05, 0.1) is 0 Å². The number of rotatable bonds is 2. The molecule has 78 valence electrons. The van der Waals surface area contributed by atoms with E-state index in [0.29, 0.717) is 11.7 Å². The first-order valence-electron chi connectivity index (χ1n) is 5.53. The number of ketones is 1. The highest BCUT2D eigenvalue weighted by Gasteiger charge is 2.61. The molecule has 0 heterocycles. The highest BCUT2D eigenvalue weighted by Crippen LogP contribution is 2.64. The second kappa shape index (κ2) is 3.18. The molecule has 1 aromatic rings. The summed E-state index contributed by atoms with van der Waals surface area (Å²) < 4.78 is 1.000. The van der Waals surface area contributed by atoms with Gasteiger partial charge in [0.25, 0.3) is 0 Å². The lowest BCUT2D eigenvalue weighted by molar-refractivity contribution is 0.0894. The third-order valence-electron chi connectivity index (χ3n) is 3.95. The molecule has 1 aromatic carbocycles. The molecule has 2 atom stereocenters. The van der Waals surface area contributed by atoms with Crippen LogP contribution >= 0.6 is 15.9 Å². The Kier molecular flexibility index (Phi) is 2.03. The predicted molar refractivity (Wildman–Crippen MR) is 62.9 cm³/mol. The Morgan fingerprint density at radius 2 is 2.33 bits per heavy atom. The molecular formula is C13H13BrO. The Bertz CT molecular complexity index is 426. The predicted octanol–water partition coefficient (Wildman–Crippen LogP) is 3.82. The van der Waals surface area contributed by atoms with Crippen molar-refractivity contribution in [1.29, 1.82) is 0 Å². The Balaban J connectivity index is 1.92. The maximum atomic E-state index is 12.3. The summed E-state index contributed by atoms with van der Waals surface area (Å²) in [5, 5.41) is 0. The van der Waals surface area contributed by atoms with Crippen LogP contribution in [-0.2, 0) is 0 Å². The van der Waals surface area contributed by atoms with Crippen LogP contribution in [0.1, 0.15) is 36.0 Å². The average molecular weight is 265 g/mol. The SMILES string of the molecule is O=C(c1cccc(Br)c1)C12CCCC1C2. The van der Waals surface area contributed by atoms with E-state index in [9.17, 15) is 4.79 Å². The molecule has 0 saturated heterocycles. The van der Waals surface area contributed by atoms with E-state index >= 15 is 0 Å². The summed E-state index contributed by atoms with van der Waals surface area (Å²) in [6, 6.07) is 7.80. The first-order chi connectivity index (χ1) is 7.22. The lowest BCUT2D eigenvalue weighted by Gasteiger charge is -2.10. The molecule has 0 aromatic heterocycles. The Morgan fingerprint density at radius 1 is 1.47 bits per heavy atom. The molecule has 3 rings (SSSR count). The van der Waals surface area contributed by atoms with Gasteiger partial charge in [-0.3, -0.25) is 4.79 Å². The van der Waals surface area contributed by atoms with Crippen molar-refractivity contribution in [3.8, 4) is 0 Å². The van der Waals surface area contributed by atoms with E-state index in [1.54, 1.807) is 0 Å². The maximum absolute atomic E-state index is 12.3. The second-order valence-corrected chi connectivity index (χ2v) is 5.70. The number of benzene rings is 1. The van der Waals surface area contributed by atoms with Gasteiger partial charge < -0.3 is 0 Å². The van der Waals surface area contributed by atoms with Gasteiger partial charge in [-0.05, 0) is 37.3 Å². The van der Waals surface area contributed by atoms with Gasteiger partial charge in [0.2, 0.25) is 0 Å². The first-order valence-corrected chi connectivity index (χ1v) is 6.32. The molecule has 2 aliphatic rings. The second-order valence-electron chi connectivity index (χ2n) is 4.79. The van der Waals surface area contributed by atoms with Crippen molar-refractivity contribution in [2.75, 3.05) is 0 Å². The van der Waals surface area contributed by atoms with Gasteiger partial charge >= 0.3 is 0 Å². The summed E-state index contributed by atoms with van der Waals surface area (Å²) in [6.07, 6.45) is 4.76. The van der Waals surface area contributed by atoms with Gasteiger partial charge in [-0.25, -0.2) is 0 Å². The van der Waals surface area contributed by atoms with Crippen molar-refractivity contribution in [3.05, 3.63) is 34.3 Å². The van der Waals surface area contributed by atoms with Gasteiger partial charge in [-0.1, -0.05) is 34.5 Å². The number of Topliss-reactive ketones (excluding diaryl/α,β-unsaturated/α-hetero) is 1. The quantitative estimate of drug-likeness (QED) is 0.743. The van der Waals surface area contributed by atoms with E-state index < -0.39 is 0 Å². The molecule has 2 aliphatic carbocycles. The van der Waals surface area contributed by atoms with Crippen molar-refractivity contribution in [2.24, 2.45) is 11.3 Å². The van der Waals surface area contributed by atoms with Crippen LogP contribution in [0.25, 0.3) is 0 Å². The number of halogens is 1. The summed E-state index contributed by atoms with van der Waals surface area (Å²) >= 11 is 3.42. The molecule has 0 amide bonds. The average Bonchev–Trinajstić information content (AvgIpc) is 2.81. The third-order valence-corrected chi connectivity index (χ3v) is 4.44. The molecular weight excluding hydrogens is 252 g/mol. The number of hydrogen-bond donors (Lipinski definition) is 0. The van der Waals surface area contributed by atoms with Gasteiger partial charge in [0.15, 0.2) is 5.78 Å². The molecule has 0 spiro atoms. The van der Waals surface area contributed by atoms with Crippen LogP contribution in [0.4, 0.5) is 0 Å². The highest BCUT2D eigenvalue weighted by atomic mass is 79.9. The zero-order valence-corrected chi connectivity index (χ0v) is 10.1. The van der Waals surface area contributed by atoms with Crippen LogP contribution in [-0.4, -0.2) is 5.78 Å². The van der Waals surface area contributed by atoms with E-state index in [1.807, 2.05) is 24.3 Å². The Morgan fingerprint density at radius 3 is 2.93 bits per heavy atom. The standard InChI is InChI=1S/C13H13BrO/c14-11-5-1-3-9(7-11)12(15)13-6-2-4-10(13)8-13/h1,3,5,7,10H,2,4,6,8H2. The summed E-state index contributed by atoms with van der Waals surface area (Å²) in [4.78, 5) is 12.3. The molecule has 1 nitrogen and oxygen atoms in total. The fourth-order valence-corrected chi connectivity index (χ4v) is 3.44. The van der Waals surface area contributed by atoms with Crippen LogP contribution in [0.2, 0.25) is 0 Å². The zero-order chi connectivity index (χ0) is 10.5. The minimum atomic E-state index is 0.0563. The van der Waals surface area contributed by atoms with Crippen LogP contribution < -0.4 is 0 Å². The van der Waals surface area contributed by atoms with Gasteiger partial charge in [0.1, 0.15) is 0 Å². The summed E-state index contributed by atoms with van der Waals surface area (Å²) in [7, 11) is 0. The van der Waals surface area contributed by atoms with Crippen molar-refractivity contribution < 1.29 is 4.79 Å². The topological polar surface area (TPSA) is 17.1 Å². The lowest BCUT2D eigenvalue weighted by Crippen LogP contribution is -2.15. The molecule has 0 radical (unpaired) electrons. The third kappa shape index (κ3) is 1.38. The minimum Gasteiger partial charge on any atom is -0.294 e. The van der Waals surface area contributed by atoms with E-state index in [0.717, 1.165) is 22.9 Å². The fraction of sp³-hybridized carbons (Fsp3) is 0.462. The molecule has 2 fully saturated rings. The monoisotopic (exact) mass is 264 g/mol. The van der Waals surface area contributed by atoms with E-state index in [2.05, 4.69) is 15.9 Å². The van der Waals surface area contributed by atoms with Crippen LogP contribution in [0.15, 0.2) is 28.7 Å². The Hall–Kier alpha value is -0.630. The van der Waals surface area contributed by atoms with Crippen LogP contribution in [0, 0.1) is 11.3 Å². The summed E-state index contributed by atoms with van der Waals surface area (Å²) in [5.74, 6) is 1.08. The molecule has 2 unspecified atom stereocenters. The molecule has 2 heteroatoms. The fourth-order valence-electron chi connectivity index (χ4n) is 3.04. The normalized spacial score (nSPS) is 32.5. The summed E-state index contributed by atoms with van der Waals surface area (Å²) in [5.41, 5.74) is 0.939. The van der Waals surface area contributed by atoms with Crippen molar-refractivity contribution in [3.63, 3.8) is 0 Å². The zero-order valence-electron chi connectivity index (χ0n) is 8.50. The van der Waals surface area contributed by atoms with E-state index in [1.165, 1.54) is 12.8 Å². The van der Waals surface area contributed by atoms with E-state index in [-0.39, 0.29) is 5.41 Å². The molecule has 15 heavy (non-hydrogen) atoms. The van der Waals surface area contributed by atoms with Crippen LogP contribution in [0.5, 0.6) is 0 Å². The number of fused-ring (bicyclic) bond motifs is 1. The maximum Gasteiger partial charge on any atom is 0.169 e. The van der Waals surface area contributed by atoms with Gasteiger partial charge in [0, 0.05) is 15.5 Å². The largest absolute Gasteiger partial charge is 0.294 e. The lowest BCUT2D eigenvalue weighted by atomic mass is 9.92. The summed E-state index contributed by atoms with van der Waals surface area (Å²) in [6.45, 7) is 0. The molecule has 0 N–H and O–H groups in total. The van der Waals surface area contributed by atoms with Gasteiger partial charge in [-0.2, -0.15) is 0 Å². The number of carbonyl (C=O) groups is 1. The van der Waals surface area contributed by atoms with Crippen molar-refractivity contribution in [2.45, 2.75) is 25.7 Å². The minimum absolute atomic E-state index is 0.0563. The van der Waals surface area contributed by atoms with Crippen molar-refractivity contribution in [1.82, 2.24) is 0 Å². The number of carbonyl (C=O) groups excluding carboxylic acids is 1. The van der Waals surface area contributed by atoms with Crippen molar-refractivity contribution >= 4 is 21.7 Å².